The Balaban J connectivity index is 1.47. The summed E-state index contributed by atoms with van der Waals surface area (Å²) < 4.78 is 6.74. The molecule has 2 amide bonds. The summed E-state index contributed by atoms with van der Waals surface area (Å²) in [5.74, 6) is 0.0608. The third-order valence-electron chi connectivity index (χ3n) is 4.32. The first-order valence-corrected chi connectivity index (χ1v) is 8.06. The van der Waals surface area contributed by atoms with Crippen LogP contribution in [0.25, 0.3) is 5.65 Å². The normalized spacial score (nSPS) is 14.9. The van der Waals surface area contributed by atoms with Crippen molar-refractivity contribution in [2.24, 2.45) is 0 Å². The van der Waals surface area contributed by atoms with E-state index in [2.05, 4.69) is 10.1 Å². The second-order valence-electron chi connectivity index (χ2n) is 5.96. The Hall–Kier alpha value is -3.16. The van der Waals surface area contributed by atoms with Gasteiger partial charge >= 0.3 is 0 Å². The van der Waals surface area contributed by atoms with E-state index in [9.17, 15) is 9.59 Å². The van der Waals surface area contributed by atoms with Crippen molar-refractivity contribution >= 4 is 17.5 Å². The molecule has 4 rings (SSSR count). The van der Waals surface area contributed by atoms with Crippen LogP contribution in [-0.2, 0) is 0 Å². The highest BCUT2D eigenvalue weighted by atomic mass is 16.3. The Kier molecular flexibility index (Phi) is 3.72. The number of piperazine rings is 1. The highest BCUT2D eigenvalue weighted by Gasteiger charge is 2.28. The zero-order chi connectivity index (χ0) is 17.4. The van der Waals surface area contributed by atoms with Gasteiger partial charge in [0.2, 0.25) is 0 Å². The SMILES string of the molecule is Cc1ccn2ncc(C(=O)N3CCN(C(=O)c4ccco4)CC3)c2n1. The van der Waals surface area contributed by atoms with E-state index >= 15 is 0 Å². The van der Waals surface area contributed by atoms with E-state index in [1.165, 1.54) is 6.26 Å². The first kappa shape index (κ1) is 15.4. The molecule has 3 aromatic heterocycles. The van der Waals surface area contributed by atoms with Crippen LogP contribution in [-0.4, -0.2) is 62.4 Å². The van der Waals surface area contributed by atoms with Gasteiger partial charge in [-0.2, -0.15) is 5.10 Å². The summed E-state index contributed by atoms with van der Waals surface area (Å²) in [6.45, 7) is 3.75. The number of hydrogen-bond donors (Lipinski definition) is 0. The smallest absolute Gasteiger partial charge is 0.289 e. The number of furan rings is 1. The summed E-state index contributed by atoms with van der Waals surface area (Å²) in [6.07, 6.45) is 4.81. The zero-order valence-corrected chi connectivity index (χ0v) is 13.8. The molecule has 0 unspecified atom stereocenters. The number of hydrogen-bond acceptors (Lipinski definition) is 5. The minimum atomic E-state index is -0.148. The number of carbonyl (C=O) groups is 2. The molecule has 0 aromatic carbocycles. The van der Waals surface area contributed by atoms with Crippen molar-refractivity contribution in [3.63, 3.8) is 0 Å². The van der Waals surface area contributed by atoms with Crippen molar-refractivity contribution < 1.29 is 14.0 Å². The number of nitrogens with zero attached hydrogens (tertiary/aromatic N) is 5. The van der Waals surface area contributed by atoms with Crippen LogP contribution in [0.1, 0.15) is 26.6 Å². The second kappa shape index (κ2) is 6.04. The van der Waals surface area contributed by atoms with Crippen molar-refractivity contribution in [3.05, 3.63) is 53.9 Å². The van der Waals surface area contributed by atoms with Crippen molar-refractivity contribution in [1.82, 2.24) is 24.4 Å². The first-order valence-electron chi connectivity index (χ1n) is 8.06. The number of amides is 2. The van der Waals surface area contributed by atoms with Crippen molar-refractivity contribution in [2.75, 3.05) is 26.2 Å². The van der Waals surface area contributed by atoms with Crippen LogP contribution >= 0.6 is 0 Å². The highest BCUT2D eigenvalue weighted by molar-refractivity contribution is 6.00. The van der Waals surface area contributed by atoms with Crippen LogP contribution < -0.4 is 0 Å². The van der Waals surface area contributed by atoms with Gasteiger partial charge < -0.3 is 14.2 Å². The molecule has 8 nitrogen and oxygen atoms in total. The largest absolute Gasteiger partial charge is 0.459 e. The molecule has 1 saturated heterocycles. The summed E-state index contributed by atoms with van der Waals surface area (Å²) in [6, 6.07) is 5.17. The monoisotopic (exact) mass is 339 g/mol. The van der Waals surface area contributed by atoms with Gasteiger partial charge in [-0.05, 0) is 25.1 Å². The molecular formula is C17H17N5O3. The molecule has 0 N–H and O–H groups in total. The lowest BCUT2D eigenvalue weighted by molar-refractivity contribution is 0.0519. The standard InChI is InChI=1S/C17H17N5O3/c1-12-4-5-22-15(19-12)13(11-18-22)16(23)20-6-8-21(9-7-20)17(24)14-3-2-10-25-14/h2-5,10-11H,6-9H2,1H3. The molecule has 1 aliphatic rings. The van der Waals surface area contributed by atoms with E-state index in [4.69, 9.17) is 4.42 Å². The van der Waals surface area contributed by atoms with Gasteiger partial charge in [0.25, 0.3) is 11.8 Å². The average Bonchev–Trinajstić information content (AvgIpc) is 3.30. The summed E-state index contributed by atoms with van der Waals surface area (Å²) in [5, 5.41) is 4.18. The van der Waals surface area contributed by atoms with E-state index in [0.29, 0.717) is 43.1 Å². The number of rotatable bonds is 2. The van der Waals surface area contributed by atoms with E-state index in [0.717, 1.165) is 5.69 Å². The molecule has 128 valence electrons. The van der Waals surface area contributed by atoms with Gasteiger partial charge in [-0.3, -0.25) is 9.59 Å². The fraction of sp³-hybridized carbons (Fsp3) is 0.294. The van der Waals surface area contributed by atoms with Crippen molar-refractivity contribution in [2.45, 2.75) is 6.92 Å². The molecule has 0 radical (unpaired) electrons. The second-order valence-corrected chi connectivity index (χ2v) is 5.96. The number of aromatic nitrogens is 3. The van der Waals surface area contributed by atoms with Crippen molar-refractivity contribution in [1.29, 1.82) is 0 Å². The maximum Gasteiger partial charge on any atom is 0.289 e. The molecule has 4 heterocycles. The van der Waals surface area contributed by atoms with Crippen LogP contribution in [0, 0.1) is 6.92 Å². The van der Waals surface area contributed by atoms with Gasteiger partial charge in [-0.25, -0.2) is 9.50 Å². The number of fused-ring (bicyclic) bond motifs is 1. The van der Waals surface area contributed by atoms with Gasteiger partial charge in [0.1, 0.15) is 5.56 Å². The Morgan fingerprint density at radius 3 is 2.48 bits per heavy atom. The third kappa shape index (κ3) is 2.75. The summed E-state index contributed by atoms with van der Waals surface area (Å²) >= 11 is 0. The van der Waals surface area contributed by atoms with Crippen LogP contribution in [0.3, 0.4) is 0 Å². The predicted molar refractivity (Wildman–Crippen MR) is 88.2 cm³/mol. The lowest BCUT2D eigenvalue weighted by atomic mass is 10.2. The van der Waals surface area contributed by atoms with Gasteiger partial charge in [0, 0.05) is 38.1 Å². The fourth-order valence-electron chi connectivity index (χ4n) is 2.95. The zero-order valence-electron chi connectivity index (χ0n) is 13.8. The van der Waals surface area contributed by atoms with Gasteiger partial charge in [0.15, 0.2) is 11.4 Å². The molecular weight excluding hydrogens is 322 g/mol. The molecule has 0 aliphatic carbocycles. The first-order chi connectivity index (χ1) is 12.1. The average molecular weight is 339 g/mol. The Morgan fingerprint density at radius 2 is 1.80 bits per heavy atom. The molecule has 0 saturated carbocycles. The molecule has 1 fully saturated rings. The van der Waals surface area contributed by atoms with Gasteiger partial charge in [0.05, 0.1) is 12.5 Å². The molecule has 0 atom stereocenters. The molecule has 3 aromatic rings. The third-order valence-corrected chi connectivity index (χ3v) is 4.32. The maximum absolute atomic E-state index is 12.8. The topological polar surface area (TPSA) is 84.0 Å². The molecule has 8 heteroatoms. The lowest BCUT2D eigenvalue weighted by Crippen LogP contribution is -2.50. The molecule has 25 heavy (non-hydrogen) atoms. The quantitative estimate of drug-likeness (QED) is 0.701. The van der Waals surface area contributed by atoms with Gasteiger partial charge in [-0.1, -0.05) is 0 Å². The summed E-state index contributed by atoms with van der Waals surface area (Å²) in [7, 11) is 0. The number of aryl methyl sites for hydroxylation is 1. The molecule has 0 bridgehead atoms. The minimum Gasteiger partial charge on any atom is -0.459 e. The van der Waals surface area contributed by atoms with Crippen LogP contribution in [0.15, 0.2) is 41.3 Å². The van der Waals surface area contributed by atoms with E-state index in [-0.39, 0.29) is 11.8 Å². The highest BCUT2D eigenvalue weighted by Crippen LogP contribution is 2.15. The minimum absolute atomic E-state index is 0.113. The van der Waals surface area contributed by atoms with Crippen LogP contribution in [0.4, 0.5) is 0 Å². The Morgan fingerprint density at radius 1 is 1.08 bits per heavy atom. The van der Waals surface area contributed by atoms with Crippen LogP contribution in [0.5, 0.6) is 0 Å². The number of carbonyl (C=O) groups excluding carboxylic acids is 2. The predicted octanol–water partition coefficient (Wildman–Crippen LogP) is 1.23. The van der Waals surface area contributed by atoms with Crippen molar-refractivity contribution in [3.8, 4) is 0 Å². The summed E-state index contributed by atoms with van der Waals surface area (Å²) in [4.78, 5) is 32.9. The van der Waals surface area contributed by atoms with Gasteiger partial charge in [-0.15, -0.1) is 0 Å². The Bertz CT molecular complexity index is 923. The molecule has 1 aliphatic heterocycles. The molecule has 0 spiro atoms. The van der Waals surface area contributed by atoms with E-state index in [1.807, 2.05) is 13.0 Å². The lowest BCUT2D eigenvalue weighted by Gasteiger charge is -2.34. The van der Waals surface area contributed by atoms with E-state index < -0.39 is 0 Å². The maximum atomic E-state index is 12.8. The van der Waals surface area contributed by atoms with E-state index in [1.54, 1.807) is 38.8 Å². The summed E-state index contributed by atoms with van der Waals surface area (Å²) in [5.41, 5.74) is 1.87. The fourth-order valence-corrected chi connectivity index (χ4v) is 2.95. The van der Waals surface area contributed by atoms with Crippen LogP contribution in [0.2, 0.25) is 0 Å². The Labute approximate surface area is 143 Å².